The molecule has 0 aliphatic carbocycles. The van der Waals surface area contributed by atoms with E-state index in [4.69, 9.17) is 0 Å². The summed E-state index contributed by atoms with van der Waals surface area (Å²) in [7, 11) is 0. The van der Waals surface area contributed by atoms with E-state index >= 15 is 0 Å². The second-order valence-corrected chi connectivity index (χ2v) is 10.4. The average Bonchev–Trinajstić information content (AvgIpc) is 2.52. The van der Waals surface area contributed by atoms with Gasteiger partial charge in [0.2, 0.25) is 0 Å². The van der Waals surface area contributed by atoms with E-state index in [2.05, 4.69) is 13.8 Å². The van der Waals surface area contributed by atoms with Gasteiger partial charge < -0.3 is 9.90 Å². The van der Waals surface area contributed by atoms with E-state index in [0.29, 0.717) is 0 Å². The molecule has 0 bridgehead atoms. The Hall–Kier alpha value is 0.00870. The fourth-order valence-corrected chi connectivity index (χ4v) is 5.89. The Kier molecular flexibility index (Phi) is 26.6. The van der Waals surface area contributed by atoms with Gasteiger partial charge in [0.25, 0.3) is 0 Å². The van der Waals surface area contributed by atoms with E-state index < -0.39 is 5.97 Å². The van der Waals surface area contributed by atoms with Gasteiger partial charge in [-0.2, -0.15) is 0 Å². The molecule has 0 spiro atoms. The Morgan fingerprint density at radius 3 is 1.48 bits per heavy atom. The maximum absolute atomic E-state index is 9.40. The van der Waals surface area contributed by atoms with Gasteiger partial charge >= 0.3 is 121 Å². The van der Waals surface area contributed by atoms with Crippen LogP contribution in [0.1, 0.15) is 97.8 Å². The number of carbonyl (C=O) groups is 1. The molecule has 0 rings (SSSR count). The second kappa shape index (κ2) is 24.3. The van der Waals surface area contributed by atoms with E-state index in [1.54, 1.807) is 28.6 Å². The van der Waals surface area contributed by atoms with Crippen molar-refractivity contribution >= 4 is 27.1 Å². The summed E-state index contributed by atoms with van der Waals surface area (Å²) < 4.78 is 3.31. The molecule has 0 saturated carbocycles. The van der Waals surface area contributed by atoms with Gasteiger partial charge in [0.05, 0.1) is 5.97 Å². The number of carboxylic acid groups (broad SMARTS) is 1. The predicted octanol–water partition coefficient (Wildman–Crippen LogP) is 5.56. The van der Waals surface area contributed by atoms with E-state index in [1.807, 2.05) is 0 Å². The number of hydrogen-bond donors (Lipinski definition) is 0. The van der Waals surface area contributed by atoms with Crippen molar-refractivity contribution in [2.24, 2.45) is 0 Å². The molecule has 0 aromatic heterocycles. The first-order valence-electron chi connectivity index (χ1n) is 9.73. The third-order valence-corrected chi connectivity index (χ3v) is 7.75. The van der Waals surface area contributed by atoms with Crippen molar-refractivity contribution in [1.29, 1.82) is 0 Å². The second-order valence-electron chi connectivity index (χ2n) is 6.10. The minimum atomic E-state index is -1.14. The van der Waals surface area contributed by atoms with E-state index in [0.717, 1.165) is 6.08 Å². The molecule has 2 nitrogen and oxygen atoms in total. The Morgan fingerprint density at radius 1 is 0.783 bits per heavy atom. The average molecular weight is 430 g/mol. The van der Waals surface area contributed by atoms with Crippen LogP contribution in [0.25, 0.3) is 0 Å². The van der Waals surface area contributed by atoms with Crippen LogP contribution >= 0.6 is 0 Å². The van der Waals surface area contributed by atoms with Crippen LogP contribution in [0.2, 0.25) is 8.87 Å². The van der Waals surface area contributed by atoms with Gasteiger partial charge in [-0.1, -0.05) is 6.08 Å². The summed E-state index contributed by atoms with van der Waals surface area (Å²) >= 11 is 0.0736. The molecule has 3 heteroatoms. The van der Waals surface area contributed by atoms with Gasteiger partial charge in [-0.3, -0.25) is 0 Å². The number of unbranched alkanes of at least 4 members (excludes halogenated alkanes) is 10. The third-order valence-electron chi connectivity index (χ3n) is 3.72. The zero-order chi connectivity index (χ0) is 17.6. The molecule has 1 radical (unpaired) electrons. The van der Waals surface area contributed by atoms with Crippen LogP contribution in [-0.4, -0.2) is 27.1 Å². The maximum atomic E-state index is 9.40. The Labute approximate surface area is 155 Å². The van der Waals surface area contributed by atoms with Crippen molar-refractivity contribution in [3.05, 3.63) is 12.2 Å². The zero-order valence-corrected chi connectivity index (χ0v) is 18.7. The standard InChI is InChI=1S/2C8H17.C4H6O2.Sn/c2*1-3-5-7-8-6-4-2;1-2-3-4(5)6;/h2*1,3-8H2,2H3;2-3H,1H3,(H,5,6);/q;;;+1/p-1/b;;3-2-;. The summed E-state index contributed by atoms with van der Waals surface area (Å²) in [5, 5.41) is 9.40. The van der Waals surface area contributed by atoms with Gasteiger partial charge in [-0.25, -0.2) is 0 Å². The van der Waals surface area contributed by atoms with E-state index in [-0.39, 0.29) is 21.1 Å². The van der Waals surface area contributed by atoms with Gasteiger partial charge in [-0.15, -0.1) is 0 Å². The SMILES string of the molecule is C/C=C\C(=O)[O-].CCCCCCC[CH2][Sn+][CH2]CCCCCCC. The van der Waals surface area contributed by atoms with Crippen LogP contribution < -0.4 is 5.11 Å². The van der Waals surface area contributed by atoms with Gasteiger partial charge in [0, 0.05) is 0 Å². The predicted molar refractivity (Wildman–Crippen MR) is 102 cm³/mol. The first-order chi connectivity index (χ1) is 11.2. The topological polar surface area (TPSA) is 40.1 Å². The molecule has 0 atom stereocenters. The van der Waals surface area contributed by atoms with Crippen LogP contribution in [0.5, 0.6) is 0 Å². The molecule has 0 heterocycles. The van der Waals surface area contributed by atoms with Crippen molar-refractivity contribution in [2.45, 2.75) is 107 Å². The number of hydrogen-bond acceptors (Lipinski definition) is 2. The van der Waals surface area contributed by atoms with Crippen LogP contribution in [0.4, 0.5) is 0 Å². The molecular formula is C20H39O2Sn. The summed E-state index contributed by atoms with van der Waals surface area (Å²) in [6, 6.07) is 0. The minimum absolute atomic E-state index is 0.0736. The third kappa shape index (κ3) is 30.5. The van der Waals surface area contributed by atoms with Crippen LogP contribution in [-0.2, 0) is 4.79 Å². The number of aliphatic carboxylic acids is 1. The van der Waals surface area contributed by atoms with Crippen LogP contribution in [0.15, 0.2) is 12.2 Å². The Morgan fingerprint density at radius 2 is 1.17 bits per heavy atom. The fraction of sp³-hybridized carbons (Fsp3) is 0.850. The molecular weight excluding hydrogens is 391 g/mol. The van der Waals surface area contributed by atoms with Gasteiger partial charge in [-0.05, 0) is 13.0 Å². The van der Waals surface area contributed by atoms with Crippen LogP contribution in [0.3, 0.4) is 0 Å². The van der Waals surface area contributed by atoms with Crippen molar-refractivity contribution in [2.75, 3.05) is 0 Å². The quantitative estimate of drug-likeness (QED) is 0.194. The zero-order valence-electron chi connectivity index (χ0n) is 15.9. The Balaban J connectivity index is 0. The number of carbonyl (C=O) groups excluding carboxylic acids is 1. The molecule has 0 fully saturated rings. The fourth-order valence-electron chi connectivity index (χ4n) is 2.32. The molecule has 0 aliphatic heterocycles. The van der Waals surface area contributed by atoms with Crippen molar-refractivity contribution in [3.63, 3.8) is 0 Å². The van der Waals surface area contributed by atoms with Crippen molar-refractivity contribution in [3.8, 4) is 0 Å². The first kappa shape index (κ1) is 25.3. The Bertz CT molecular complexity index is 238. The molecule has 23 heavy (non-hydrogen) atoms. The summed E-state index contributed by atoms with van der Waals surface area (Å²) in [5.74, 6) is -1.14. The molecule has 135 valence electrons. The van der Waals surface area contributed by atoms with Crippen LogP contribution in [0, 0.1) is 0 Å². The molecule has 0 N–H and O–H groups in total. The van der Waals surface area contributed by atoms with E-state index in [1.165, 1.54) is 70.3 Å². The molecule has 0 unspecified atom stereocenters. The molecule has 0 amide bonds. The van der Waals surface area contributed by atoms with E-state index in [9.17, 15) is 9.90 Å². The monoisotopic (exact) mass is 431 g/mol. The summed E-state index contributed by atoms with van der Waals surface area (Å²) in [4.78, 5) is 9.40. The van der Waals surface area contributed by atoms with Crippen molar-refractivity contribution < 1.29 is 9.90 Å². The molecule has 0 aromatic carbocycles. The van der Waals surface area contributed by atoms with Gasteiger partial charge in [0.1, 0.15) is 0 Å². The van der Waals surface area contributed by atoms with Gasteiger partial charge in [0.15, 0.2) is 0 Å². The normalized spacial score (nSPS) is 10.4. The summed E-state index contributed by atoms with van der Waals surface area (Å²) in [5.41, 5.74) is 0. The first-order valence-corrected chi connectivity index (χ1v) is 13.8. The summed E-state index contributed by atoms with van der Waals surface area (Å²) in [6.45, 7) is 6.22. The van der Waals surface area contributed by atoms with Crippen molar-refractivity contribution in [1.82, 2.24) is 0 Å². The number of allylic oxidation sites excluding steroid dienone is 1. The number of carboxylic acids is 1. The number of rotatable bonds is 15. The molecule has 0 saturated heterocycles. The molecule has 0 aromatic rings. The summed E-state index contributed by atoms with van der Waals surface area (Å²) in [6.07, 6.45) is 20.2. The molecule has 0 aliphatic rings.